The van der Waals surface area contributed by atoms with Crippen LogP contribution in [-0.4, -0.2) is 153 Å². The Labute approximate surface area is 606 Å². The van der Waals surface area contributed by atoms with Crippen molar-refractivity contribution in [2.24, 2.45) is 0 Å². The molecular weight excluding hydrogens is 1540 g/mol. The molecule has 6 aromatic rings. The number of ether oxygens (including phenoxy) is 5. The number of fused-ring (bicyclic) bond motifs is 3. The third kappa shape index (κ3) is 17.9. The fourth-order valence-electron chi connectivity index (χ4n) is 10.7. The minimum absolute atomic E-state index is 0.0666. The summed E-state index contributed by atoms with van der Waals surface area (Å²) in [4.78, 5) is 86.2. The van der Waals surface area contributed by atoms with Crippen LogP contribution in [0.5, 0.6) is 11.5 Å². The lowest BCUT2D eigenvalue weighted by atomic mass is 10.1. The van der Waals surface area contributed by atoms with Gasteiger partial charge in [0.2, 0.25) is 18.7 Å². The molecule has 0 saturated carbocycles. The molecule has 0 bridgehead atoms. The topological polar surface area (TPSA) is 372 Å². The van der Waals surface area contributed by atoms with Crippen molar-refractivity contribution in [3.05, 3.63) is 160 Å². The summed E-state index contributed by atoms with van der Waals surface area (Å²) in [5.41, 5.74) is -1.81. The number of nitrogens with zero attached hydrogens (tertiary/aromatic N) is 6. The van der Waals surface area contributed by atoms with Crippen molar-refractivity contribution in [3.63, 3.8) is 0 Å². The Hall–Kier alpha value is -7.03. The summed E-state index contributed by atoms with van der Waals surface area (Å²) >= 11 is 17.9. The Kier molecular flexibility index (Phi) is 24.6. The monoisotopic (exact) mass is 1600 g/mol. The Morgan fingerprint density at radius 2 is 0.867 bits per heavy atom. The van der Waals surface area contributed by atoms with E-state index >= 15 is 26.3 Å². The highest BCUT2D eigenvalue weighted by Crippen LogP contribution is 2.63. The predicted molar refractivity (Wildman–Crippen MR) is 357 cm³/mol. The predicted octanol–water partition coefficient (Wildman–Crippen LogP) is 11.5. The number of methoxy groups -OCH3 is 2. The number of amides is 3. The van der Waals surface area contributed by atoms with Crippen LogP contribution in [0.15, 0.2) is 106 Å². The van der Waals surface area contributed by atoms with Gasteiger partial charge in [0, 0.05) is 34.7 Å². The highest BCUT2D eigenvalue weighted by atomic mass is 35.5. The van der Waals surface area contributed by atoms with E-state index in [4.69, 9.17) is 99.2 Å². The van der Waals surface area contributed by atoms with Crippen LogP contribution >= 0.6 is 58.3 Å². The zero-order valence-corrected chi connectivity index (χ0v) is 61.2. The van der Waals surface area contributed by atoms with Crippen LogP contribution in [0.4, 0.5) is 43.8 Å². The van der Waals surface area contributed by atoms with E-state index < -0.39 is 169 Å². The number of phosphoric acid groups is 3. The Balaban J connectivity index is 0.000000169. The van der Waals surface area contributed by atoms with Gasteiger partial charge in [-0.1, -0.05) is 53.9 Å². The normalized spacial score (nSPS) is 27.5. The fraction of sp³-hybridized carbons (Fsp3) is 0.459. The summed E-state index contributed by atoms with van der Waals surface area (Å²) in [5.74, 6) is -13.4. The van der Waals surface area contributed by atoms with Gasteiger partial charge in [0.05, 0.1) is 62.9 Å². The maximum Gasteiger partial charge on any atom is 0.475 e. The van der Waals surface area contributed by atoms with Crippen molar-refractivity contribution < 1.29 is 119 Å². The largest absolute Gasteiger partial charge is 0.495 e. The van der Waals surface area contributed by atoms with Gasteiger partial charge in [-0.2, -0.15) is 41.3 Å². The smallest absolute Gasteiger partial charge is 0.475 e. The summed E-state index contributed by atoms with van der Waals surface area (Å²) in [5, 5.41) is 7.76. The molecule has 0 radical (unpaired) electrons. The van der Waals surface area contributed by atoms with Crippen LogP contribution in [0, 0.1) is 0 Å². The van der Waals surface area contributed by atoms with E-state index in [1.807, 2.05) is 6.92 Å². The maximum absolute atomic E-state index is 15.2. The van der Waals surface area contributed by atoms with Crippen molar-refractivity contribution in [1.82, 2.24) is 28.7 Å². The lowest BCUT2D eigenvalue weighted by Crippen LogP contribution is -2.45. The lowest BCUT2D eigenvalue weighted by Gasteiger charge is -2.32. The van der Waals surface area contributed by atoms with Crippen molar-refractivity contribution in [3.8, 4) is 11.5 Å². The first-order valence-corrected chi connectivity index (χ1v) is 36.9. The van der Waals surface area contributed by atoms with Gasteiger partial charge >= 0.3 is 58.3 Å². The molecule has 0 spiro atoms. The Morgan fingerprint density at radius 3 is 1.18 bits per heavy atom. The molecule has 6 aliphatic rings. The van der Waals surface area contributed by atoms with E-state index in [9.17, 15) is 42.5 Å². The molecule has 0 aliphatic carbocycles. The SMILES string of the molecule is CC(C)OP1(=O)OC[C@H]2OC(n3ccc(NC(=O)c4ccc(Cl)cc4Cl)nc3=O)C(F)(F)[C@@H]2O1.CCc1ccc(C(=O)Nc2ccn(C3O[C@@H]4COP(=O)(OC(C)C)O[C@H]4C3(F)F)c(=O)n2)cc1.COc1cc(C(=O)Nc2ccn(C3O[C@@H]4COP(=O)(OC(C)C)O[C@H]4C3(F)F)c(=O)n2)cc(OC)c1Cl. The number of halogens is 9. The van der Waals surface area contributed by atoms with Crippen LogP contribution in [0.1, 0.15) is 104 Å². The molecule has 6 unspecified atom stereocenters. The fourth-order valence-corrected chi connectivity index (χ4v) is 16.2. The lowest BCUT2D eigenvalue weighted by molar-refractivity contribution is -0.139. The Morgan fingerprint density at radius 1 is 0.524 bits per heavy atom. The zero-order chi connectivity index (χ0) is 76.6. The summed E-state index contributed by atoms with van der Waals surface area (Å²) in [7, 11) is -10.0. The van der Waals surface area contributed by atoms with Gasteiger partial charge in [0.1, 0.15) is 52.3 Å². The van der Waals surface area contributed by atoms with Crippen LogP contribution < -0.4 is 42.5 Å². The van der Waals surface area contributed by atoms with Gasteiger partial charge in [-0.05, 0) is 114 Å². The molecule has 3 N–H and O–H groups in total. The number of benzene rings is 3. The summed E-state index contributed by atoms with van der Waals surface area (Å²) < 4.78 is 202. The molecule has 3 amide bonds. The molecule has 12 atom stereocenters. The second kappa shape index (κ2) is 32.0. The molecular formula is C61H65Cl3F6N9O23P3. The number of rotatable bonds is 18. The highest BCUT2D eigenvalue weighted by Gasteiger charge is 2.68. The van der Waals surface area contributed by atoms with E-state index in [1.54, 1.807) is 38.1 Å². The minimum Gasteiger partial charge on any atom is -0.495 e. The summed E-state index contributed by atoms with van der Waals surface area (Å²) in [6.45, 7) is 9.79. The first-order chi connectivity index (χ1) is 49.3. The molecule has 3 aromatic carbocycles. The maximum atomic E-state index is 15.2. The number of alkyl halides is 6. The van der Waals surface area contributed by atoms with E-state index in [1.165, 1.54) is 78.3 Å². The van der Waals surface area contributed by atoms with Gasteiger partial charge in [0.15, 0.2) is 18.3 Å². The van der Waals surface area contributed by atoms with Gasteiger partial charge in [-0.3, -0.25) is 68.8 Å². The first-order valence-electron chi connectivity index (χ1n) is 31.4. The molecule has 12 rings (SSSR count). The standard InChI is InChI=1S/C21H23ClF2N3O9P.C21H24F2N3O7P.C19H18Cl2F2N3O7P/c1-10(2)35-37(30)33-9-14-17(36-37)21(23,24)19(34-14)27-6-5-15(26-20(27)29)25-18(28)11-7-12(31-3)16(22)13(8-11)32-4;1-4-13-5-7-14(8-6-13)18(27)24-16-9-10-26(20(28)25-16)19-21(22,23)17-15(31-19)11-30-34(29,33-17)32-12(2)3;1-9(2)32-34(29)30-8-13-15(33-34)19(22,23)17(31-13)26-6-5-14(25-18(26)28)24-16(27)11-4-3-10(20)7-12(11)21/h5-8,10,14,17,19H,9H2,1-4H3,(H,25,26,28,29);5-10,12,15,17,19H,4,11H2,1-3H3,(H,24,25,27,28);3-7,9,13,15,17H,8H2,1-2H3,(H,24,25,27,28)/t14-,17-,19?,37?;15-,17-,19?,34?;13-,15-,17?,34?/m111/s1. The van der Waals surface area contributed by atoms with Crippen molar-refractivity contribution in [1.29, 1.82) is 0 Å². The van der Waals surface area contributed by atoms with E-state index in [0.29, 0.717) is 24.3 Å². The number of phosphoric ester groups is 3. The zero-order valence-electron chi connectivity index (χ0n) is 56.2. The number of aromatic nitrogens is 6. The van der Waals surface area contributed by atoms with Crippen molar-refractivity contribution in [2.75, 3.05) is 50.0 Å². The molecule has 6 fully saturated rings. The molecule has 32 nitrogen and oxygen atoms in total. The Bertz CT molecular complexity index is 4580. The number of hydrogen-bond donors (Lipinski definition) is 3. The highest BCUT2D eigenvalue weighted by molar-refractivity contribution is 7.49. The molecule has 6 aliphatic heterocycles. The van der Waals surface area contributed by atoms with Gasteiger partial charge in [-0.15, -0.1) is 0 Å². The van der Waals surface area contributed by atoms with E-state index in [0.717, 1.165) is 42.7 Å². The number of aryl methyl sites for hydroxylation is 1. The molecule has 105 heavy (non-hydrogen) atoms. The summed E-state index contributed by atoms with van der Waals surface area (Å²) in [6, 6.07) is 17.2. The van der Waals surface area contributed by atoms with Gasteiger partial charge in [-0.25, -0.2) is 28.1 Å². The third-order valence-corrected chi connectivity index (χ3v) is 21.3. The van der Waals surface area contributed by atoms with Crippen LogP contribution in [0.3, 0.4) is 0 Å². The average Bonchev–Trinajstić information content (AvgIpc) is 1.60. The number of nitrogens with one attached hydrogen (secondary N) is 3. The second-order valence-corrected chi connectivity index (χ2v) is 30.1. The average molecular weight is 1610 g/mol. The quantitative estimate of drug-likeness (QED) is 0.0531. The minimum atomic E-state index is -4.25. The molecule has 44 heteroatoms. The van der Waals surface area contributed by atoms with Gasteiger partial charge < -0.3 is 39.6 Å². The van der Waals surface area contributed by atoms with Crippen LogP contribution in [0.25, 0.3) is 0 Å². The second-order valence-electron chi connectivity index (χ2n) is 24.1. The molecule has 570 valence electrons. The van der Waals surface area contributed by atoms with Gasteiger partial charge in [0.25, 0.3) is 17.7 Å². The molecule has 9 heterocycles. The number of carbonyl (C=O) groups is 3. The van der Waals surface area contributed by atoms with Crippen LogP contribution in [-0.2, 0) is 75.0 Å². The number of carbonyl (C=O) groups excluding carboxylic acids is 3. The van der Waals surface area contributed by atoms with E-state index in [-0.39, 0.29) is 50.1 Å². The van der Waals surface area contributed by atoms with E-state index in [2.05, 4.69) is 30.9 Å². The van der Waals surface area contributed by atoms with Crippen molar-refractivity contribution >= 4 is 93.4 Å². The molecule has 3 aromatic heterocycles. The summed E-state index contributed by atoms with van der Waals surface area (Å²) in [6.07, 6.45) is -14.2. The molecule has 6 saturated heterocycles. The van der Waals surface area contributed by atoms with Crippen LogP contribution in [0.2, 0.25) is 15.1 Å². The number of hydrogen-bond acceptors (Lipinski definition) is 26. The van der Waals surface area contributed by atoms with Crippen molar-refractivity contribution in [2.45, 2.75) is 146 Å². The first kappa shape index (κ1) is 80.5. The number of anilines is 3. The third-order valence-electron chi connectivity index (χ3n) is 15.5.